The highest BCUT2D eigenvalue weighted by Gasteiger charge is 2.38. The Morgan fingerprint density at radius 2 is 2.07 bits per heavy atom. The maximum absolute atomic E-state index is 12.8. The van der Waals surface area contributed by atoms with Crippen molar-refractivity contribution in [2.24, 2.45) is 0 Å². The van der Waals surface area contributed by atoms with Crippen LogP contribution >= 0.6 is 0 Å². The third kappa shape index (κ3) is 3.81. The third-order valence-electron chi connectivity index (χ3n) is 5.01. The lowest BCUT2D eigenvalue weighted by molar-refractivity contribution is -0.140. The molecule has 1 fully saturated rings. The number of amides is 2. The number of nitrogens with zero attached hydrogens (tertiary/aromatic N) is 4. The van der Waals surface area contributed by atoms with Crippen molar-refractivity contribution in [2.75, 3.05) is 38.7 Å². The zero-order valence-electron chi connectivity index (χ0n) is 15.2. The normalized spacial score (nSPS) is 20.6. The van der Waals surface area contributed by atoms with Gasteiger partial charge in [-0.1, -0.05) is 0 Å². The van der Waals surface area contributed by atoms with E-state index in [1.165, 1.54) is 12.0 Å². The number of carbonyl (C=O) groups excluding carboxylic acids is 1. The molecule has 1 unspecified atom stereocenters. The van der Waals surface area contributed by atoms with E-state index in [2.05, 4.69) is 6.07 Å². The SMILES string of the molecule is COc1cc2c(cc1N1CCCN(CC(F)(F)F)C1=O)CN(C)C2CC#N. The van der Waals surface area contributed by atoms with Gasteiger partial charge < -0.3 is 9.64 Å². The largest absolute Gasteiger partial charge is 0.495 e. The van der Waals surface area contributed by atoms with Crippen LogP contribution in [0.4, 0.5) is 23.7 Å². The van der Waals surface area contributed by atoms with Crippen LogP contribution in [0.25, 0.3) is 0 Å². The van der Waals surface area contributed by atoms with Crippen LogP contribution in [-0.4, -0.2) is 55.8 Å². The smallest absolute Gasteiger partial charge is 0.406 e. The van der Waals surface area contributed by atoms with Gasteiger partial charge in [-0.2, -0.15) is 18.4 Å². The molecule has 2 aliphatic heterocycles. The number of urea groups is 1. The maximum Gasteiger partial charge on any atom is 0.406 e. The number of alkyl halides is 3. The number of carbonyl (C=O) groups is 1. The zero-order valence-corrected chi connectivity index (χ0v) is 15.2. The van der Waals surface area contributed by atoms with Gasteiger partial charge in [0.05, 0.1) is 25.3 Å². The van der Waals surface area contributed by atoms with Crippen molar-refractivity contribution in [3.8, 4) is 11.8 Å². The van der Waals surface area contributed by atoms with Gasteiger partial charge in [-0.3, -0.25) is 9.80 Å². The van der Waals surface area contributed by atoms with Gasteiger partial charge in [0.15, 0.2) is 0 Å². The van der Waals surface area contributed by atoms with E-state index in [4.69, 9.17) is 10.00 Å². The second-order valence-electron chi connectivity index (χ2n) is 6.84. The minimum atomic E-state index is -4.44. The highest BCUT2D eigenvalue weighted by atomic mass is 19.4. The van der Waals surface area contributed by atoms with Crippen molar-refractivity contribution < 1.29 is 22.7 Å². The predicted octanol–water partition coefficient (Wildman–Crippen LogP) is 3.29. The molecule has 1 aromatic rings. The molecule has 0 saturated carbocycles. The summed E-state index contributed by atoms with van der Waals surface area (Å²) in [4.78, 5) is 16.9. The molecular formula is C18H21F3N4O2. The van der Waals surface area contributed by atoms with Gasteiger partial charge in [0.25, 0.3) is 0 Å². The number of hydrogen-bond donors (Lipinski definition) is 0. The number of ether oxygens (including phenoxy) is 1. The summed E-state index contributed by atoms with van der Waals surface area (Å²) in [6.45, 7) is -0.246. The number of anilines is 1. The first-order valence-electron chi connectivity index (χ1n) is 8.66. The van der Waals surface area contributed by atoms with Crippen molar-refractivity contribution in [1.29, 1.82) is 5.26 Å². The zero-order chi connectivity index (χ0) is 19.8. The molecule has 1 saturated heterocycles. The Labute approximate surface area is 155 Å². The topological polar surface area (TPSA) is 59.8 Å². The highest BCUT2D eigenvalue weighted by Crippen LogP contribution is 2.42. The molecule has 0 aliphatic carbocycles. The van der Waals surface area contributed by atoms with Crippen LogP contribution in [0, 0.1) is 11.3 Å². The van der Waals surface area contributed by atoms with Crippen LogP contribution in [-0.2, 0) is 6.54 Å². The Morgan fingerprint density at radius 1 is 1.33 bits per heavy atom. The quantitative estimate of drug-likeness (QED) is 0.802. The molecule has 3 rings (SSSR count). The summed E-state index contributed by atoms with van der Waals surface area (Å²) in [5.41, 5.74) is 2.38. The molecule has 0 aromatic heterocycles. The van der Waals surface area contributed by atoms with Crippen molar-refractivity contribution >= 4 is 11.7 Å². The summed E-state index contributed by atoms with van der Waals surface area (Å²) in [5, 5.41) is 9.05. The van der Waals surface area contributed by atoms with Gasteiger partial charge in [0, 0.05) is 25.7 Å². The van der Waals surface area contributed by atoms with E-state index in [-0.39, 0.29) is 12.6 Å². The molecule has 27 heavy (non-hydrogen) atoms. The molecule has 9 heteroatoms. The van der Waals surface area contributed by atoms with E-state index in [1.807, 2.05) is 11.9 Å². The van der Waals surface area contributed by atoms with Gasteiger partial charge >= 0.3 is 12.2 Å². The molecule has 1 atom stereocenters. The number of nitriles is 1. The monoisotopic (exact) mass is 382 g/mol. The highest BCUT2D eigenvalue weighted by molar-refractivity contribution is 5.94. The third-order valence-corrected chi connectivity index (χ3v) is 5.01. The van der Waals surface area contributed by atoms with E-state index in [1.54, 1.807) is 12.1 Å². The Hall–Kier alpha value is -2.47. The molecule has 2 heterocycles. The second kappa shape index (κ2) is 7.27. The van der Waals surface area contributed by atoms with Crippen LogP contribution in [0.5, 0.6) is 5.75 Å². The summed E-state index contributed by atoms with van der Waals surface area (Å²) >= 11 is 0. The lowest BCUT2D eigenvalue weighted by Crippen LogP contribution is -2.52. The fourth-order valence-electron chi connectivity index (χ4n) is 3.79. The van der Waals surface area contributed by atoms with Gasteiger partial charge in [0.1, 0.15) is 12.3 Å². The Bertz CT molecular complexity index is 775. The van der Waals surface area contributed by atoms with Gasteiger partial charge in [-0.25, -0.2) is 4.79 Å². The number of hydrogen-bond acceptors (Lipinski definition) is 4. The molecule has 0 bridgehead atoms. The summed E-state index contributed by atoms with van der Waals surface area (Å²) in [6, 6.07) is 5.04. The fraction of sp³-hybridized carbons (Fsp3) is 0.556. The van der Waals surface area contributed by atoms with Gasteiger partial charge in [-0.15, -0.1) is 0 Å². The maximum atomic E-state index is 12.8. The van der Waals surface area contributed by atoms with E-state index in [9.17, 15) is 18.0 Å². The average molecular weight is 382 g/mol. The molecule has 6 nitrogen and oxygen atoms in total. The standard InChI is InChI=1S/C18H21F3N4O2/c1-23-10-12-8-15(16(27-2)9-13(12)14(23)4-5-22)25-7-3-6-24(17(25)26)11-18(19,20)21/h8-9,14H,3-4,6-7,10-11H2,1-2H3. The van der Waals surface area contributed by atoms with E-state index < -0.39 is 18.8 Å². The Balaban J connectivity index is 1.94. The number of fused-ring (bicyclic) bond motifs is 1. The summed E-state index contributed by atoms with van der Waals surface area (Å²) in [6.07, 6.45) is -3.67. The predicted molar refractivity (Wildman–Crippen MR) is 92.4 cm³/mol. The van der Waals surface area contributed by atoms with Gasteiger partial charge in [-0.05, 0) is 36.7 Å². The van der Waals surface area contributed by atoms with E-state index in [0.717, 1.165) is 16.0 Å². The minimum Gasteiger partial charge on any atom is -0.495 e. The number of benzene rings is 1. The fourth-order valence-corrected chi connectivity index (χ4v) is 3.79. The molecule has 0 spiro atoms. The molecular weight excluding hydrogens is 361 g/mol. The Kier molecular flexibility index (Phi) is 5.20. The summed E-state index contributed by atoms with van der Waals surface area (Å²) in [5.74, 6) is 0.425. The first-order chi connectivity index (χ1) is 12.7. The van der Waals surface area contributed by atoms with Crippen LogP contribution in [0.15, 0.2) is 12.1 Å². The number of methoxy groups -OCH3 is 1. The molecule has 1 aromatic carbocycles. The number of rotatable bonds is 4. The van der Waals surface area contributed by atoms with Crippen LogP contribution in [0.2, 0.25) is 0 Å². The van der Waals surface area contributed by atoms with E-state index >= 15 is 0 Å². The van der Waals surface area contributed by atoms with Crippen molar-refractivity contribution in [1.82, 2.24) is 9.80 Å². The minimum absolute atomic E-state index is 0.0632. The first kappa shape index (κ1) is 19.3. The van der Waals surface area contributed by atoms with Crippen LogP contribution < -0.4 is 9.64 Å². The van der Waals surface area contributed by atoms with Crippen molar-refractivity contribution in [3.05, 3.63) is 23.3 Å². The van der Waals surface area contributed by atoms with Crippen molar-refractivity contribution in [3.63, 3.8) is 0 Å². The molecule has 0 N–H and O–H groups in total. The van der Waals surface area contributed by atoms with Crippen LogP contribution in [0.1, 0.15) is 30.0 Å². The molecule has 146 valence electrons. The van der Waals surface area contributed by atoms with E-state index in [0.29, 0.717) is 37.4 Å². The number of halogens is 3. The molecule has 2 amide bonds. The average Bonchev–Trinajstić information content (AvgIpc) is 2.90. The van der Waals surface area contributed by atoms with Crippen molar-refractivity contribution in [2.45, 2.75) is 31.6 Å². The first-order valence-corrected chi connectivity index (χ1v) is 8.66. The van der Waals surface area contributed by atoms with Gasteiger partial charge in [0.2, 0.25) is 0 Å². The lowest BCUT2D eigenvalue weighted by Gasteiger charge is -2.36. The molecule has 0 radical (unpaired) electrons. The Morgan fingerprint density at radius 3 is 2.70 bits per heavy atom. The summed E-state index contributed by atoms with van der Waals surface area (Å²) < 4.78 is 43.7. The molecule has 2 aliphatic rings. The second-order valence-corrected chi connectivity index (χ2v) is 6.84. The van der Waals surface area contributed by atoms with Crippen LogP contribution in [0.3, 0.4) is 0 Å². The summed E-state index contributed by atoms with van der Waals surface area (Å²) in [7, 11) is 3.37. The lowest BCUT2D eigenvalue weighted by atomic mass is 10.0.